The van der Waals surface area contributed by atoms with Crippen molar-refractivity contribution in [3.8, 4) is 28.1 Å². The maximum atomic E-state index is 14.9. The van der Waals surface area contributed by atoms with E-state index in [0.717, 1.165) is 29.9 Å². The van der Waals surface area contributed by atoms with Gasteiger partial charge in [-0.2, -0.15) is 5.10 Å². The van der Waals surface area contributed by atoms with Gasteiger partial charge in [-0.05, 0) is 42.4 Å². The van der Waals surface area contributed by atoms with E-state index in [4.69, 9.17) is 0 Å². The molecule has 1 fully saturated rings. The van der Waals surface area contributed by atoms with E-state index in [2.05, 4.69) is 22.1 Å². The lowest BCUT2D eigenvalue weighted by molar-refractivity contribution is 0.0665. The van der Waals surface area contributed by atoms with Crippen molar-refractivity contribution >= 4 is 5.91 Å². The van der Waals surface area contributed by atoms with Gasteiger partial charge in [0.25, 0.3) is 5.91 Å². The number of carbonyl (C=O) groups is 1. The van der Waals surface area contributed by atoms with E-state index in [1.54, 1.807) is 29.1 Å². The third kappa shape index (κ3) is 4.17. The summed E-state index contributed by atoms with van der Waals surface area (Å²) in [5.74, 6) is -0.499. The molecule has 33 heavy (non-hydrogen) atoms. The van der Waals surface area contributed by atoms with E-state index in [1.807, 2.05) is 54.4 Å². The Morgan fingerprint density at radius 2 is 1.45 bits per heavy atom. The number of piperazine rings is 1. The minimum Gasteiger partial charge on any atom is -0.336 e. The lowest BCUT2D eigenvalue weighted by Gasteiger charge is -2.32. The van der Waals surface area contributed by atoms with Gasteiger partial charge in [-0.1, -0.05) is 54.6 Å². The summed E-state index contributed by atoms with van der Waals surface area (Å²) in [6.07, 6.45) is 1.56. The molecule has 0 saturated carbocycles. The Morgan fingerprint density at radius 3 is 2.15 bits per heavy atom. The van der Waals surface area contributed by atoms with E-state index >= 15 is 0 Å². The molecule has 0 bridgehead atoms. The van der Waals surface area contributed by atoms with Gasteiger partial charge in [0.15, 0.2) is 0 Å². The fraction of sp³-hybridized carbons (Fsp3) is 0.185. The van der Waals surface area contributed by atoms with Crippen LogP contribution in [0.15, 0.2) is 85.1 Å². The van der Waals surface area contributed by atoms with Gasteiger partial charge in [0, 0.05) is 31.7 Å². The summed E-state index contributed by atoms with van der Waals surface area (Å²) >= 11 is 0. The number of benzene rings is 3. The molecule has 1 aliphatic rings. The van der Waals surface area contributed by atoms with Gasteiger partial charge >= 0.3 is 0 Å². The van der Waals surface area contributed by atoms with Crippen LogP contribution < -0.4 is 0 Å². The Labute approximate surface area is 192 Å². The molecule has 0 radical (unpaired) electrons. The van der Waals surface area contributed by atoms with Crippen molar-refractivity contribution in [2.24, 2.45) is 0 Å². The predicted octanol–water partition coefficient (Wildman–Crippen LogP) is 4.73. The van der Waals surface area contributed by atoms with Crippen LogP contribution in [0.4, 0.5) is 4.39 Å². The highest BCUT2D eigenvalue weighted by Crippen LogP contribution is 2.31. The van der Waals surface area contributed by atoms with E-state index in [9.17, 15) is 9.18 Å². The molecular weight excluding hydrogens is 415 g/mol. The summed E-state index contributed by atoms with van der Waals surface area (Å²) in [7, 11) is 2.05. The number of nitrogens with zero attached hydrogens (tertiary/aromatic N) is 4. The number of carbonyl (C=O) groups excluding carboxylic acids is 1. The van der Waals surface area contributed by atoms with Crippen LogP contribution in [-0.4, -0.2) is 58.7 Å². The molecule has 6 heteroatoms. The fourth-order valence-electron chi connectivity index (χ4n) is 4.22. The van der Waals surface area contributed by atoms with Crippen LogP contribution in [-0.2, 0) is 0 Å². The average molecular weight is 441 g/mol. The minimum absolute atomic E-state index is 0.117. The number of hydrogen-bond donors (Lipinski definition) is 0. The van der Waals surface area contributed by atoms with Crippen LogP contribution in [0.2, 0.25) is 0 Å². The van der Waals surface area contributed by atoms with Crippen molar-refractivity contribution in [2.45, 2.75) is 0 Å². The lowest BCUT2D eigenvalue weighted by atomic mass is 10.0. The van der Waals surface area contributed by atoms with Crippen LogP contribution in [0, 0.1) is 5.82 Å². The zero-order valence-corrected chi connectivity index (χ0v) is 18.5. The predicted molar refractivity (Wildman–Crippen MR) is 128 cm³/mol. The van der Waals surface area contributed by atoms with Gasteiger partial charge in [0.05, 0.1) is 23.1 Å². The highest BCUT2D eigenvalue weighted by atomic mass is 19.1. The third-order valence-corrected chi connectivity index (χ3v) is 6.14. The van der Waals surface area contributed by atoms with Gasteiger partial charge in [-0.3, -0.25) is 4.79 Å². The number of amides is 1. The van der Waals surface area contributed by atoms with Crippen LogP contribution >= 0.6 is 0 Å². The first kappa shape index (κ1) is 21.1. The van der Waals surface area contributed by atoms with Crippen molar-refractivity contribution in [1.82, 2.24) is 19.6 Å². The summed E-state index contributed by atoms with van der Waals surface area (Å²) in [5, 5.41) is 4.53. The average Bonchev–Trinajstić information content (AvgIpc) is 3.30. The Hall–Kier alpha value is -3.77. The molecule has 1 saturated heterocycles. The fourth-order valence-corrected chi connectivity index (χ4v) is 4.22. The Bertz CT molecular complexity index is 1260. The molecule has 2 heterocycles. The molecule has 4 aromatic rings. The van der Waals surface area contributed by atoms with Gasteiger partial charge in [-0.25, -0.2) is 9.07 Å². The van der Waals surface area contributed by atoms with E-state index < -0.39 is 0 Å². The van der Waals surface area contributed by atoms with Gasteiger partial charge in [0.1, 0.15) is 5.82 Å². The Morgan fingerprint density at radius 1 is 0.818 bits per heavy atom. The van der Waals surface area contributed by atoms with Crippen molar-refractivity contribution < 1.29 is 9.18 Å². The molecule has 0 N–H and O–H groups in total. The maximum Gasteiger partial charge on any atom is 0.257 e. The first-order valence-corrected chi connectivity index (χ1v) is 11.1. The number of likely N-dealkylation sites (N-methyl/N-ethyl adjacent to an activating group) is 1. The van der Waals surface area contributed by atoms with Crippen molar-refractivity contribution in [3.05, 3.63) is 96.4 Å². The summed E-state index contributed by atoms with van der Waals surface area (Å²) < 4.78 is 16.6. The van der Waals surface area contributed by atoms with Crippen molar-refractivity contribution in [2.75, 3.05) is 33.2 Å². The molecule has 1 amide bonds. The largest absolute Gasteiger partial charge is 0.336 e. The van der Waals surface area contributed by atoms with E-state index in [1.165, 1.54) is 6.07 Å². The first-order chi connectivity index (χ1) is 16.1. The SMILES string of the molecule is CN1CCN(C(=O)c2cnn(-c3ccc(-c4ccccc4)cc3)c2-c2ccccc2F)CC1. The van der Waals surface area contributed by atoms with E-state index in [-0.39, 0.29) is 11.7 Å². The number of hydrogen-bond acceptors (Lipinski definition) is 3. The zero-order valence-electron chi connectivity index (χ0n) is 18.5. The lowest BCUT2D eigenvalue weighted by Crippen LogP contribution is -2.47. The zero-order chi connectivity index (χ0) is 22.8. The molecule has 5 rings (SSSR count). The summed E-state index contributed by atoms with van der Waals surface area (Å²) in [4.78, 5) is 17.4. The summed E-state index contributed by atoms with van der Waals surface area (Å²) in [6, 6.07) is 24.6. The normalized spacial score (nSPS) is 14.4. The Kier molecular flexibility index (Phi) is 5.75. The molecule has 5 nitrogen and oxygen atoms in total. The molecular formula is C27H25FN4O. The van der Waals surface area contributed by atoms with Crippen LogP contribution in [0.3, 0.4) is 0 Å². The third-order valence-electron chi connectivity index (χ3n) is 6.14. The number of aromatic nitrogens is 2. The molecule has 0 spiro atoms. The second kappa shape index (κ2) is 9.00. The molecule has 166 valence electrons. The molecule has 0 aliphatic carbocycles. The van der Waals surface area contributed by atoms with E-state index in [0.29, 0.717) is 29.9 Å². The van der Waals surface area contributed by atoms with Crippen LogP contribution in [0.25, 0.3) is 28.1 Å². The minimum atomic E-state index is -0.382. The van der Waals surface area contributed by atoms with Crippen molar-refractivity contribution in [1.29, 1.82) is 0 Å². The molecule has 1 aliphatic heterocycles. The standard InChI is InChI=1S/C27H25FN4O/c1-30-15-17-31(18-16-30)27(33)24-19-29-32(26(24)23-9-5-6-10-25(23)28)22-13-11-21(12-14-22)20-7-3-2-4-8-20/h2-14,19H,15-18H2,1H3. The highest BCUT2D eigenvalue weighted by molar-refractivity contribution is 6.00. The second-order valence-electron chi connectivity index (χ2n) is 8.31. The van der Waals surface area contributed by atoms with Crippen LogP contribution in [0.1, 0.15) is 10.4 Å². The molecule has 0 atom stereocenters. The van der Waals surface area contributed by atoms with Gasteiger partial charge in [-0.15, -0.1) is 0 Å². The first-order valence-electron chi connectivity index (χ1n) is 11.1. The molecule has 1 aromatic heterocycles. The Balaban J connectivity index is 1.57. The number of rotatable bonds is 4. The topological polar surface area (TPSA) is 41.4 Å². The smallest absolute Gasteiger partial charge is 0.257 e. The monoisotopic (exact) mass is 440 g/mol. The summed E-state index contributed by atoms with van der Waals surface area (Å²) in [6.45, 7) is 2.91. The highest BCUT2D eigenvalue weighted by Gasteiger charge is 2.27. The van der Waals surface area contributed by atoms with Gasteiger partial charge in [0.2, 0.25) is 0 Å². The van der Waals surface area contributed by atoms with Crippen molar-refractivity contribution in [3.63, 3.8) is 0 Å². The molecule has 0 unspecified atom stereocenters. The molecule has 3 aromatic carbocycles. The summed E-state index contributed by atoms with van der Waals surface area (Å²) in [5.41, 5.74) is 4.21. The van der Waals surface area contributed by atoms with Gasteiger partial charge < -0.3 is 9.80 Å². The number of halogens is 1. The maximum absolute atomic E-state index is 14.9. The quantitative estimate of drug-likeness (QED) is 0.461. The second-order valence-corrected chi connectivity index (χ2v) is 8.31. The van der Waals surface area contributed by atoms with Crippen LogP contribution in [0.5, 0.6) is 0 Å².